The molecule has 2 aliphatic rings. The summed E-state index contributed by atoms with van der Waals surface area (Å²) >= 11 is 0. The molecule has 0 heterocycles. The summed E-state index contributed by atoms with van der Waals surface area (Å²) < 4.78 is 0. The maximum atomic E-state index is 8.25. The molecule has 0 aromatic carbocycles. The van der Waals surface area contributed by atoms with E-state index in [4.69, 9.17) is 19.8 Å². The molecule has 0 aromatic rings. The maximum Gasteiger partial charge on any atom is 2.00 e. The molecule has 0 bridgehead atoms. The van der Waals surface area contributed by atoms with Crippen molar-refractivity contribution in [2.45, 2.75) is 12.8 Å². The molecule has 0 aromatic heterocycles. The Balaban J connectivity index is -0.000000157. The van der Waals surface area contributed by atoms with Crippen molar-refractivity contribution >= 4 is 12.9 Å². The third-order valence-electron chi connectivity index (χ3n) is 1.31. The summed E-state index contributed by atoms with van der Waals surface area (Å²) in [6, 6.07) is 0. The molecule has 0 spiro atoms. The van der Waals surface area contributed by atoms with Gasteiger partial charge < -0.3 is 19.8 Å². The van der Waals surface area contributed by atoms with Gasteiger partial charge in [0.05, 0.1) is 0 Å². The van der Waals surface area contributed by atoms with Gasteiger partial charge in [0, 0.05) is 12.9 Å². The van der Waals surface area contributed by atoms with Crippen LogP contribution in [0.1, 0.15) is 12.8 Å². The van der Waals surface area contributed by atoms with E-state index in [1.807, 2.05) is 0 Å². The summed E-state index contributed by atoms with van der Waals surface area (Å²) in [5, 5.41) is 16.5. The van der Waals surface area contributed by atoms with Crippen molar-refractivity contribution in [3.8, 4) is 0 Å². The Morgan fingerprint density at radius 3 is 0.941 bits per heavy atom. The van der Waals surface area contributed by atoms with E-state index >= 15 is 0 Å². The van der Waals surface area contributed by atoms with E-state index in [1.54, 1.807) is 0 Å². The Labute approximate surface area is 111 Å². The van der Waals surface area contributed by atoms with Gasteiger partial charge in [-0.1, -0.05) is 48.6 Å². The molecule has 0 aliphatic heterocycles. The summed E-state index contributed by atoms with van der Waals surface area (Å²) in [6.45, 7) is -1.00. The molecule has 95 valence electrons. The first kappa shape index (κ1) is 20.8. The van der Waals surface area contributed by atoms with Crippen LogP contribution < -0.4 is 10.2 Å². The summed E-state index contributed by atoms with van der Waals surface area (Å²) in [6.07, 6.45) is 19.0. The van der Waals surface area contributed by atoms with Gasteiger partial charge in [0.15, 0.2) is 0 Å². The van der Waals surface area contributed by atoms with Gasteiger partial charge in [-0.3, -0.25) is 0 Å². The minimum Gasteiger partial charge on any atom is -0.554 e. The van der Waals surface area contributed by atoms with E-state index in [0.717, 1.165) is 12.8 Å². The average Bonchev–Trinajstić information content (AvgIpc) is 3.00. The summed E-state index contributed by atoms with van der Waals surface area (Å²) in [5.41, 5.74) is 0. The molecule has 5 heteroatoms. The van der Waals surface area contributed by atoms with Crippen LogP contribution >= 0.6 is 0 Å². The zero-order valence-electron chi connectivity index (χ0n) is 9.15. The summed E-state index contributed by atoms with van der Waals surface area (Å²) in [7, 11) is 0. The van der Waals surface area contributed by atoms with Gasteiger partial charge in [-0.25, -0.2) is 0 Å². The van der Waals surface area contributed by atoms with Crippen LogP contribution in [0.3, 0.4) is 0 Å². The number of carbonyl (C=O) groups is 2. The van der Waals surface area contributed by atoms with E-state index in [9.17, 15) is 0 Å². The Morgan fingerprint density at radius 2 is 0.882 bits per heavy atom. The van der Waals surface area contributed by atoms with Crippen molar-refractivity contribution < 1.29 is 36.6 Å². The molecule has 2 aliphatic carbocycles. The fourth-order valence-electron chi connectivity index (χ4n) is 0.786. The molecule has 0 amide bonds. The standard InChI is InChI=1S/2C5H6.2CH2O2.Co/c2*1-2-4-5-3-1;2*2-1-3;/h2*1-4H,5H2;2*1H,(H,2,3);/q;;;;+2/p-2. The topological polar surface area (TPSA) is 80.3 Å². The van der Waals surface area contributed by atoms with E-state index in [2.05, 4.69) is 48.6 Å². The first-order chi connectivity index (χ1) is 7.83. The van der Waals surface area contributed by atoms with Crippen molar-refractivity contribution in [2.24, 2.45) is 0 Å². The zero-order chi connectivity index (χ0) is 12.5. The minimum atomic E-state index is -0.500. The number of carbonyl (C=O) groups excluding carboxylic acids is 2. The number of hydrogen-bond acceptors (Lipinski definition) is 4. The molecule has 0 saturated carbocycles. The van der Waals surface area contributed by atoms with Gasteiger partial charge in [0.25, 0.3) is 0 Å². The van der Waals surface area contributed by atoms with Crippen molar-refractivity contribution in [1.29, 1.82) is 0 Å². The van der Waals surface area contributed by atoms with E-state index in [1.165, 1.54) is 0 Å². The van der Waals surface area contributed by atoms with Gasteiger partial charge in [-0.15, -0.1) is 0 Å². The molecule has 0 saturated heterocycles. The Kier molecular flexibility index (Phi) is 29.2. The predicted molar refractivity (Wildman–Crippen MR) is 57.9 cm³/mol. The second-order valence-corrected chi connectivity index (χ2v) is 2.38. The molecule has 0 unspecified atom stereocenters. The van der Waals surface area contributed by atoms with Gasteiger partial charge in [-0.05, 0) is 12.8 Å². The SMILES string of the molecule is C1=CCC=C1.C1=CCC=C1.O=C[O-].O=C[O-].[Co+2]. The number of rotatable bonds is 0. The summed E-state index contributed by atoms with van der Waals surface area (Å²) in [5.74, 6) is 0. The van der Waals surface area contributed by atoms with Crippen molar-refractivity contribution in [3.05, 3.63) is 48.6 Å². The molecule has 0 N–H and O–H groups in total. The monoisotopic (exact) mass is 281 g/mol. The van der Waals surface area contributed by atoms with Gasteiger partial charge in [0.1, 0.15) is 0 Å². The van der Waals surface area contributed by atoms with Crippen molar-refractivity contribution in [1.82, 2.24) is 0 Å². The van der Waals surface area contributed by atoms with Crippen LogP contribution in [0.4, 0.5) is 0 Å². The zero-order valence-corrected chi connectivity index (χ0v) is 10.2. The smallest absolute Gasteiger partial charge is 0.554 e. The van der Waals surface area contributed by atoms with E-state index in [-0.39, 0.29) is 16.8 Å². The third-order valence-corrected chi connectivity index (χ3v) is 1.31. The molecule has 0 atom stereocenters. The van der Waals surface area contributed by atoms with Gasteiger partial charge >= 0.3 is 16.8 Å². The normalized spacial score (nSPS) is 11.8. The Morgan fingerprint density at radius 1 is 0.706 bits per heavy atom. The minimum absolute atomic E-state index is 0. The van der Waals surface area contributed by atoms with Gasteiger partial charge in [-0.2, -0.15) is 0 Å². The first-order valence-electron chi connectivity index (χ1n) is 4.58. The van der Waals surface area contributed by atoms with E-state index < -0.39 is 12.9 Å². The van der Waals surface area contributed by atoms with Crippen LogP contribution in [-0.2, 0) is 26.4 Å². The van der Waals surface area contributed by atoms with Crippen LogP contribution in [0.25, 0.3) is 0 Å². The largest absolute Gasteiger partial charge is 2.00 e. The van der Waals surface area contributed by atoms with Crippen molar-refractivity contribution in [3.63, 3.8) is 0 Å². The van der Waals surface area contributed by atoms with Gasteiger partial charge in [0.2, 0.25) is 0 Å². The second kappa shape index (κ2) is 23.9. The number of carboxylic acid groups (broad SMARTS) is 2. The fraction of sp³-hybridized carbons (Fsp3) is 0.167. The fourth-order valence-corrected chi connectivity index (χ4v) is 0.786. The number of hydrogen-bond donors (Lipinski definition) is 0. The Hall–Kier alpha value is -1.59. The first-order valence-corrected chi connectivity index (χ1v) is 4.58. The molecular formula is C12H14CoO4. The number of allylic oxidation sites excluding steroid dienone is 8. The van der Waals surface area contributed by atoms with Crippen LogP contribution in [0.5, 0.6) is 0 Å². The third kappa shape index (κ3) is 31.4. The van der Waals surface area contributed by atoms with E-state index in [0.29, 0.717) is 0 Å². The predicted octanol–water partition coefficient (Wildman–Crippen LogP) is -0.265. The van der Waals surface area contributed by atoms with Crippen LogP contribution in [0.2, 0.25) is 0 Å². The molecule has 1 radical (unpaired) electrons. The maximum absolute atomic E-state index is 8.25. The molecule has 2 rings (SSSR count). The molecular weight excluding hydrogens is 267 g/mol. The van der Waals surface area contributed by atoms with Crippen LogP contribution in [0, 0.1) is 0 Å². The Bertz CT molecular complexity index is 220. The van der Waals surface area contributed by atoms with Crippen LogP contribution in [0.15, 0.2) is 48.6 Å². The quantitative estimate of drug-likeness (QED) is 0.573. The van der Waals surface area contributed by atoms with Crippen molar-refractivity contribution in [2.75, 3.05) is 0 Å². The average molecular weight is 281 g/mol. The second-order valence-electron chi connectivity index (χ2n) is 2.38. The summed E-state index contributed by atoms with van der Waals surface area (Å²) in [4.78, 5) is 16.5. The molecule has 0 fully saturated rings. The van der Waals surface area contributed by atoms with Crippen LogP contribution in [-0.4, -0.2) is 12.9 Å². The molecule has 17 heavy (non-hydrogen) atoms. The molecule has 4 nitrogen and oxygen atoms in total.